The Bertz CT molecular complexity index is 2160. The minimum absolute atomic E-state index is 0.00362. The van der Waals surface area contributed by atoms with Gasteiger partial charge in [0.2, 0.25) is 0 Å². The van der Waals surface area contributed by atoms with E-state index in [2.05, 4.69) is 58.4 Å². The third kappa shape index (κ3) is 4.31. The van der Waals surface area contributed by atoms with E-state index in [4.69, 9.17) is 46.4 Å². The molecule has 4 aromatic carbocycles. The Labute approximate surface area is 286 Å². The molecule has 0 atom stereocenters. The van der Waals surface area contributed by atoms with Gasteiger partial charge in [0.25, 0.3) is 0 Å². The molecule has 5 aromatic rings. The summed E-state index contributed by atoms with van der Waals surface area (Å²) >= 11 is 25.5. The van der Waals surface area contributed by atoms with Gasteiger partial charge in [0.15, 0.2) is 11.6 Å². The van der Waals surface area contributed by atoms with Crippen LogP contribution >= 0.6 is 46.4 Å². The number of hydrogen-bond donors (Lipinski definition) is 0. The highest BCUT2D eigenvalue weighted by molar-refractivity contribution is 6.57. The lowest BCUT2D eigenvalue weighted by molar-refractivity contribution is 0.0989. The average molecular weight is 684 g/mol. The molecule has 228 valence electrons. The first-order valence-corrected chi connectivity index (χ1v) is 16.8. The van der Waals surface area contributed by atoms with Crippen LogP contribution in [0.1, 0.15) is 63.9 Å². The first-order valence-electron chi connectivity index (χ1n) is 15.3. The maximum atomic E-state index is 13.7. The molecule has 1 fully saturated rings. The number of halogens is 4. The molecule has 0 amide bonds. The zero-order chi connectivity index (χ0) is 31.7. The molecule has 1 aliphatic heterocycles. The number of anilines is 1. The molecule has 8 heteroatoms. The Balaban J connectivity index is 1.35. The fraction of sp³-hybridized carbons (Fsp3) is 0.184. The molecule has 0 unspecified atom stereocenters. The van der Waals surface area contributed by atoms with E-state index in [0.29, 0.717) is 6.54 Å². The van der Waals surface area contributed by atoms with Gasteiger partial charge in [0, 0.05) is 34.9 Å². The molecule has 0 bridgehead atoms. The highest BCUT2D eigenvalue weighted by Gasteiger charge is 2.48. The average Bonchev–Trinajstić information content (AvgIpc) is 3.48. The number of hydrogen-bond acceptors (Lipinski definition) is 4. The van der Waals surface area contributed by atoms with Crippen LogP contribution in [0.25, 0.3) is 21.7 Å². The van der Waals surface area contributed by atoms with E-state index in [-0.39, 0.29) is 42.2 Å². The lowest BCUT2D eigenvalue weighted by Gasteiger charge is -2.37. The van der Waals surface area contributed by atoms with Gasteiger partial charge in [-0.2, -0.15) is 0 Å². The van der Waals surface area contributed by atoms with Crippen LogP contribution in [-0.2, 0) is 12.0 Å². The van der Waals surface area contributed by atoms with Crippen LogP contribution in [-0.4, -0.2) is 16.6 Å². The smallest absolute Gasteiger partial charge is 0.199 e. The van der Waals surface area contributed by atoms with Crippen molar-refractivity contribution >= 4 is 85.3 Å². The van der Waals surface area contributed by atoms with Crippen LogP contribution in [0.5, 0.6) is 0 Å². The highest BCUT2D eigenvalue weighted by Crippen LogP contribution is 2.58. The van der Waals surface area contributed by atoms with Gasteiger partial charge in [-0.15, -0.1) is 0 Å². The van der Waals surface area contributed by atoms with Crippen LogP contribution in [0, 0.1) is 0 Å². The van der Waals surface area contributed by atoms with Crippen molar-refractivity contribution in [3.05, 3.63) is 139 Å². The summed E-state index contributed by atoms with van der Waals surface area (Å²) in [5.41, 5.74) is 5.29. The number of benzene rings is 4. The number of nitrogens with zero attached hydrogens (tertiary/aromatic N) is 2. The standard InChI is InChI=1S/C38H26Cl4N2O2/c39-32-29-30(33(40)35(42)34(32)41)37(46)25(36(29)45)13-15-28-38(17-6-1-7-18-38)31-24-10-3-2-8-21(24)12-14-27(31)44(28)20-22-16-19-43-26-11-5-4-9-23(22)26/h2-5,8-16,19H,1,6-7,17-18,20H2/b28-15-. The molecule has 46 heavy (non-hydrogen) atoms. The van der Waals surface area contributed by atoms with Gasteiger partial charge in [-0.25, -0.2) is 0 Å². The molecule has 2 aliphatic carbocycles. The van der Waals surface area contributed by atoms with Crippen molar-refractivity contribution in [2.45, 2.75) is 44.1 Å². The van der Waals surface area contributed by atoms with Gasteiger partial charge < -0.3 is 4.90 Å². The molecule has 2 heterocycles. The summed E-state index contributed by atoms with van der Waals surface area (Å²) in [6, 6.07) is 23.2. The van der Waals surface area contributed by atoms with Gasteiger partial charge >= 0.3 is 0 Å². The van der Waals surface area contributed by atoms with E-state index in [1.165, 1.54) is 16.3 Å². The maximum Gasteiger partial charge on any atom is 0.199 e. The van der Waals surface area contributed by atoms with Crippen LogP contribution in [0.4, 0.5) is 5.69 Å². The monoisotopic (exact) mass is 682 g/mol. The molecule has 1 spiro atoms. The van der Waals surface area contributed by atoms with E-state index in [1.807, 2.05) is 30.5 Å². The highest BCUT2D eigenvalue weighted by atomic mass is 35.5. The maximum absolute atomic E-state index is 13.7. The zero-order valence-corrected chi connectivity index (χ0v) is 27.6. The minimum Gasteiger partial charge on any atom is -0.339 e. The molecule has 0 saturated heterocycles. The number of carbonyl (C=O) groups is 2. The fourth-order valence-corrected chi connectivity index (χ4v) is 8.82. The van der Waals surface area contributed by atoms with Crippen molar-refractivity contribution in [3.63, 3.8) is 0 Å². The van der Waals surface area contributed by atoms with Gasteiger partial charge in [-0.3, -0.25) is 14.6 Å². The van der Waals surface area contributed by atoms with Crippen LogP contribution in [0.3, 0.4) is 0 Å². The van der Waals surface area contributed by atoms with Gasteiger partial charge in [-0.1, -0.05) is 114 Å². The summed E-state index contributed by atoms with van der Waals surface area (Å²) in [6.07, 6.45) is 10.7. The first-order chi connectivity index (χ1) is 22.3. The summed E-state index contributed by atoms with van der Waals surface area (Å²) in [5, 5.41) is 3.31. The molecule has 3 aliphatic rings. The molecule has 1 saturated carbocycles. The van der Waals surface area contributed by atoms with E-state index in [1.54, 1.807) is 6.08 Å². The third-order valence-corrected chi connectivity index (χ3v) is 11.7. The number of rotatable bonds is 3. The van der Waals surface area contributed by atoms with Crippen molar-refractivity contribution in [3.8, 4) is 0 Å². The van der Waals surface area contributed by atoms with Crippen LogP contribution in [0.2, 0.25) is 20.1 Å². The van der Waals surface area contributed by atoms with E-state index < -0.39 is 11.6 Å². The summed E-state index contributed by atoms with van der Waals surface area (Å²) < 4.78 is 0. The Hall–Kier alpha value is -3.67. The Morgan fingerprint density at radius 3 is 2.09 bits per heavy atom. The topological polar surface area (TPSA) is 50.3 Å². The molecule has 1 aromatic heterocycles. The number of carbonyl (C=O) groups excluding carboxylic acids is 2. The summed E-state index contributed by atoms with van der Waals surface area (Å²) in [6.45, 7) is 0.593. The number of ketones is 2. The molecule has 0 radical (unpaired) electrons. The molecule has 8 rings (SSSR count). The fourth-order valence-electron chi connectivity index (χ4n) is 7.79. The van der Waals surface area contributed by atoms with Gasteiger partial charge in [-0.05, 0) is 65.1 Å². The molecule has 4 nitrogen and oxygen atoms in total. The lowest BCUT2D eigenvalue weighted by Crippen LogP contribution is -2.33. The number of allylic oxidation sites excluding steroid dienone is 4. The van der Waals surface area contributed by atoms with Crippen LogP contribution in [0.15, 0.2) is 96.3 Å². The number of pyridine rings is 1. The van der Waals surface area contributed by atoms with Crippen molar-refractivity contribution in [2.75, 3.05) is 4.90 Å². The summed E-state index contributed by atoms with van der Waals surface area (Å²) in [5.74, 6) is -1.01. The van der Waals surface area contributed by atoms with E-state index in [0.717, 1.165) is 60.0 Å². The summed E-state index contributed by atoms with van der Waals surface area (Å²) in [4.78, 5) is 34.5. The quantitative estimate of drug-likeness (QED) is 0.0822. The molecular formula is C38H26Cl4N2O2. The Kier molecular flexibility index (Phi) is 7.26. The largest absolute Gasteiger partial charge is 0.339 e. The second-order valence-electron chi connectivity index (χ2n) is 12.2. The van der Waals surface area contributed by atoms with Crippen molar-refractivity contribution in [1.82, 2.24) is 4.98 Å². The SMILES string of the molecule is O=C1C(=C/C=C2\N(Cc3ccnc4ccccc34)c3ccc4ccccc4c3C23CCCCC3)C(=O)c2c(Cl)c(Cl)c(Cl)c(Cl)c21. The van der Waals surface area contributed by atoms with Gasteiger partial charge in [0.1, 0.15) is 0 Å². The van der Waals surface area contributed by atoms with Crippen molar-refractivity contribution in [1.29, 1.82) is 0 Å². The first kappa shape index (κ1) is 29.7. The number of fused-ring (bicyclic) bond motifs is 6. The minimum atomic E-state index is -0.507. The van der Waals surface area contributed by atoms with Gasteiger partial charge in [0.05, 0.1) is 42.3 Å². The Morgan fingerprint density at radius 2 is 1.37 bits per heavy atom. The second kappa shape index (κ2) is 11.2. The van der Waals surface area contributed by atoms with Crippen molar-refractivity contribution < 1.29 is 9.59 Å². The number of Topliss-reactive ketones (excluding diaryl/α,β-unsaturated/α-hetero) is 2. The molecular weight excluding hydrogens is 658 g/mol. The third-order valence-electron chi connectivity index (χ3n) is 9.85. The summed E-state index contributed by atoms with van der Waals surface area (Å²) in [7, 11) is 0. The second-order valence-corrected chi connectivity index (χ2v) is 13.7. The zero-order valence-electron chi connectivity index (χ0n) is 24.5. The molecule has 0 N–H and O–H groups in total. The normalized spacial score (nSPS) is 17.9. The van der Waals surface area contributed by atoms with Crippen LogP contribution < -0.4 is 4.90 Å². The van der Waals surface area contributed by atoms with Crippen molar-refractivity contribution in [2.24, 2.45) is 0 Å². The van der Waals surface area contributed by atoms with E-state index in [9.17, 15) is 9.59 Å². The number of para-hydroxylation sites is 1. The predicted octanol–water partition coefficient (Wildman–Crippen LogP) is 11.1. The lowest BCUT2D eigenvalue weighted by atomic mass is 9.67. The Morgan fingerprint density at radius 1 is 0.717 bits per heavy atom. The predicted molar refractivity (Wildman–Crippen MR) is 188 cm³/mol. The number of aromatic nitrogens is 1. The van der Waals surface area contributed by atoms with E-state index >= 15 is 0 Å².